The summed E-state index contributed by atoms with van der Waals surface area (Å²) in [6.07, 6.45) is 2.09. The van der Waals surface area contributed by atoms with Crippen molar-refractivity contribution in [2.45, 2.75) is 61.3 Å². The highest BCUT2D eigenvalue weighted by Crippen LogP contribution is 2.14. The van der Waals surface area contributed by atoms with E-state index in [1.807, 2.05) is 27.0 Å². The van der Waals surface area contributed by atoms with Gasteiger partial charge in [-0.2, -0.15) is 10.2 Å². The van der Waals surface area contributed by atoms with Crippen molar-refractivity contribution in [2.24, 2.45) is 13.0 Å². The van der Waals surface area contributed by atoms with Crippen molar-refractivity contribution in [1.82, 2.24) is 20.0 Å². The zero-order valence-corrected chi connectivity index (χ0v) is 16.3. The maximum atomic E-state index is 5.03. The molecule has 0 saturated heterocycles. The van der Waals surface area contributed by atoms with Crippen molar-refractivity contribution in [3.63, 3.8) is 0 Å². The Bertz CT molecular complexity index is 536. The number of methoxy groups -OCH3 is 1. The molecule has 0 saturated carbocycles. The average Bonchev–Trinajstić information content (AvgIpc) is 3.06. The van der Waals surface area contributed by atoms with Gasteiger partial charge in [0.05, 0.1) is 18.5 Å². The van der Waals surface area contributed by atoms with Gasteiger partial charge in [-0.1, -0.05) is 34.6 Å². The van der Waals surface area contributed by atoms with Crippen LogP contribution in [0.5, 0.6) is 5.88 Å². The predicted octanol–water partition coefficient (Wildman–Crippen LogP) is 4.24. The Morgan fingerprint density at radius 3 is 2.17 bits per heavy atom. The van der Waals surface area contributed by atoms with Gasteiger partial charge in [0.25, 0.3) is 0 Å². The first-order valence-corrected chi connectivity index (χ1v) is 8.46. The van der Waals surface area contributed by atoms with E-state index in [-0.39, 0.29) is 0 Å². The maximum absolute atomic E-state index is 5.03. The SMILES string of the molecule is CC.CCc1cc(OC)n(C)n1.Cc1n[nH]c(C)c1CC(C)C. The molecule has 5 heteroatoms. The van der Waals surface area contributed by atoms with Gasteiger partial charge in [0, 0.05) is 18.8 Å². The van der Waals surface area contributed by atoms with E-state index in [1.165, 1.54) is 11.3 Å². The van der Waals surface area contributed by atoms with Gasteiger partial charge in [-0.15, -0.1) is 0 Å². The van der Waals surface area contributed by atoms with Crippen LogP contribution in [0.15, 0.2) is 6.07 Å². The Hall–Kier alpha value is -1.78. The van der Waals surface area contributed by atoms with E-state index in [9.17, 15) is 0 Å². The van der Waals surface area contributed by atoms with Crippen LogP contribution in [0.2, 0.25) is 0 Å². The second-order valence-corrected chi connectivity index (χ2v) is 5.67. The number of nitrogens with zero attached hydrogens (tertiary/aromatic N) is 3. The van der Waals surface area contributed by atoms with Crippen LogP contribution in [-0.4, -0.2) is 27.1 Å². The summed E-state index contributed by atoms with van der Waals surface area (Å²) >= 11 is 0. The minimum atomic E-state index is 0.713. The third kappa shape index (κ3) is 6.89. The second kappa shape index (κ2) is 10.9. The molecule has 0 spiro atoms. The first-order chi connectivity index (χ1) is 10.9. The molecule has 23 heavy (non-hydrogen) atoms. The van der Waals surface area contributed by atoms with Crippen molar-refractivity contribution >= 4 is 0 Å². The molecule has 5 nitrogen and oxygen atoms in total. The number of aromatic amines is 1. The van der Waals surface area contributed by atoms with E-state index in [4.69, 9.17) is 4.74 Å². The van der Waals surface area contributed by atoms with E-state index in [0.29, 0.717) is 5.92 Å². The summed E-state index contributed by atoms with van der Waals surface area (Å²) in [5.74, 6) is 1.53. The summed E-state index contributed by atoms with van der Waals surface area (Å²) in [5.41, 5.74) is 4.83. The Kier molecular flexibility index (Phi) is 10.0. The van der Waals surface area contributed by atoms with Crippen LogP contribution in [-0.2, 0) is 19.9 Å². The number of aryl methyl sites for hydroxylation is 4. The lowest BCUT2D eigenvalue weighted by Gasteiger charge is -2.03. The Labute approximate surface area is 141 Å². The normalized spacial score (nSPS) is 9.83. The molecule has 0 unspecified atom stereocenters. The minimum absolute atomic E-state index is 0.713. The molecule has 0 amide bonds. The summed E-state index contributed by atoms with van der Waals surface area (Å²) in [5, 5.41) is 11.3. The van der Waals surface area contributed by atoms with Crippen molar-refractivity contribution < 1.29 is 4.74 Å². The quantitative estimate of drug-likeness (QED) is 0.916. The van der Waals surface area contributed by atoms with Crippen LogP contribution in [0.1, 0.15) is 57.3 Å². The Morgan fingerprint density at radius 1 is 1.26 bits per heavy atom. The average molecular weight is 322 g/mol. The molecular formula is C18H34N4O. The number of hydrogen-bond acceptors (Lipinski definition) is 3. The molecule has 0 aliphatic rings. The van der Waals surface area contributed by atoms with Gasteiger partial charge in [0.1, 0.15) is 0 Å². The zero-order chi connectivity index (χ0) is 18.0. The lowest BCUT2D eigenvalue weighted by atomic mass is 10.0. The summed E-state index contributed by atoms with van der Waals surface area (Å²) in [4.78, 5) is 0. The molecule has 2 aromatic heterocycles. The summed E-state index contributed by atoms with van der Waals surface area (Å²) in [6, 6.07) is 1.94. The first-order valence-electron chi connectivity index (χ1n) is 8.46. The van der Waals surface area contributed by atoms with Crippen LogP contribution >= 0.6 is 0 Å². The molecule has 0 aliphatic heterocycles. The third-order valence-corrected chi connectivity index (χ3v) is 3.35. The minimum Gasteiger partial charge on any atom is -0.481 e. The predicted molar refractivity (Wildman–Crippen MR) is 97.1 cm³/mol. The zero-order valence-electron chi connectivity index (χ0n) is 16.3. The molecule has 132 valence electrons. The Balaban J connectivity index is 0.000000381. The summed E-state index contributed by atoms with van der Waals surface area (Å²) in [6.45, 7) is 14.7. The van der Waals surface area contributed by atoms with E-state index < -0.39 is 0 Å². The highest BCUT2D eigenvalue weighted by Gasteiger charge is 2.07. The van der Waals surface area contributed by atoms with E-state index in [0.717, 1.165) is 30.1 Å². The van der Waals surface area contributed by atoms with Crippen LogP contribution < -0.4 is 4.74 Å². The van der Waals surface area contributed by atoms with Crippen LogP contribution in [0.4, 0.5) is 0 Å². The molecule has 2 heterocycles. The standard InChI is InChI=1S/C9H16N2.C7H12N2O.C2H6/c1-6(2)5-9-7(3)10-11-8(9)4;1-4-6-5-7(10-3)9(2)8-6;1-2/h6H,5H2,1-4H3,(H,10,11);5H,4H2,1-3H3;1-2H3. The van der Waals surface area contributed by atoms with Gasteiger partial charge in [0.15, 0.2) is 0 Å². The van der Waals surface area contributed by atoms with Gasteiger partial charge < -0.3 is 4.74 Å². The van der Waals surface area contributed by atoms with Crippen molar-refractivity contribution in [2.75, 3.05) is 7.11 Å². The van der Waals surface area contributed by atoms with E-state index >= 15 is 0 Å². The van der Waals surface area contributed by atoms with Gasteiger partial charge in [-0.05, 0) is 38.2 Å². The molecule has 0 bridgehead atoms. The highest BCUT2D eigenvalue weighted by molar-refractivity contribution is 5.23. The lowest BCUT2D eigenvalue weighted by Crippen LogP contribution is -1.96. The molecule has 0 atom stereocenters. The molecular weight excluding hydrogens is 288 g/mol. The van der Waals surface area contributed by atoms with Crippen molar-refractivity contribution in [3.8, 4) is 5.88 Å². The van der Waals surface area contributed by atoms with Gasteiger partial charge >= 0.3 is 0 Å². The van der Waals surface area contributed by atoms with Gasteiger partial charge in [-0.3, -0.25) is 5.10 Å². The van der Waals surface area contributed by atoms with Gasteiger partial charge in [-0.25, -0.2) is 4.68 Å². The van der Waals surface area contributed by atoms with E-state index in [1.54, 1.807) is 11.8 Å². The molecule has 0 aliphatic carbocycles. The number of ether oxygens (including phenoxy) is 1. The van der Waals surface area contributed by atoms with Crippen molar-refractivity contribution in [3.05, 3.63) is 28.7 Å². The number of hydrogen-bond donors (Lipinski definition) is 1. The van der Waals surface area contributed by atoms with Gasteiger partial charge in [0.2, 0.25) is 5.88 Å². The summed E-state index contributed by atoms with van der Waals surface area (Å²) < 4.78 is 6.76. The molecule has 2 rings (SSSR count). The molecule has 1 N–H and O–H groups in total. The molecule has 0 fully saturated rings. The maximum Gasteiger partial charge on any atom is 0.211 e. The van der Waals surface area contributed by atoms with Crippen LogP contribution in [0.25, 0.3) is 0 Å². The molecule has 2 aromatic rings. The van der Waals surface area contributed by atoms with E-state index in [2.05, 4.69) is 49.9 Å². The molecule has 0 radical (unpaired) electrons. The number of nitrogens with one attached hydrogen (secondary N) is 1. The topological polar surface area (TPSA) is 55.7 Å². The summed E-state index contributed by atoms with van der Waals surface area (Å²) in [7, 11) is 3.52. The second-order valence-electron chi connectivity index (χ2n) is 5.67. The smallest absolute Gasteiger partial charge is 0.211 e. The monoisotopic (exact) mass is 322 g/mol. The third-order valence-electron chi connectivity index (χ3n) is 3.35. The fraction of sp³-hybridized carbons (Fsp3) is 0.667. The number of H-pyrrole nitrogens is 1. The largest absolute Gasteiger partial charge is 0.481 e. The van der Waals surface area contributed by atoms with Crippen molar-refractivity contribution in [1.29, 1.82) is 0 Å². The van der Waals surface area contributed by atoms with Crippen LogP contribution in [0.3, 0.4) is 0 Å². The van der Waals surface area contributed by atoms with Crippen LogP contribution in [0, 0.1) is 19.8 Å². The Morgan fingerprint density at radius 2 is 1.87 bits per heavy atom. The number of aromatic nitrogens is 4. The fourth-order valence-corrected chi connectivity index (χ4v) is 2.15. The fourth-order valence-electron chi connectivity index (χ4n) is 2.15. The highest BCUT2D eigenvalue weighted by atomic mass is 16.5. The first kappa shape index (κ1) is 21.2. The molecule has 0 aromatic carbocycles. The lowest BCUT2D eigenvalue weighted by molar-refractivity contribution is 0.373. The number of rotatable bonds is 4.